The Morgan fingerprint density at radius 1 is 1.30 bits per heavy atom. The van der Waals surface area contributed by atoms with Crippen LogP contribution in [0.4, 0.5) is 0 Å². The highest BCUT2D eigenvalue weighted by Gasteiger charge is 2.21. The van der Waals surface area contributed by atoms with Gasteiger partial charge >= 0.3 is 0 Å². The zero-order valence-corrected chi connectivity index (χ0v) is 14.8. The average Bonchev–Trinajstić information content (AvgIpc) is 2.49. The van der Waals surface area contributed by atoms with E-state index in [1.54, 1.807) is 18.3 Å². The second kappa shape index (κ2) is 6.36. The van der Waals surface area contributed by atoms with Crippen LogP contribution in [0.1, 0.15) is 16.8 Å². The molecular weight excluding hydrogens is 357 g/mol. The first-order chi connectivity index (χ1) is 10.8. The van der Waals surface area contributed by atoms with Gasteiger partial charge in [0, 0.05) is 54.1 Å². The maximum absolute atomic E-state index is 11.5. The van der Waals surface area contributed by atoms with Crippen LogP contribution in [-0.4, -0.2) is 36.1 Å². The third kappa shape index (κ3) is 3.83. The monoisotopic (exact) mass is 371 g/mol. The number of sulfone groups is 1. The molecule has 3 rings (SSSR count). The Morgan fingerprint density at radius 2 is 2.09 bits per heavy atom. The van der Waals surface area contributed by atoms with Gasteiger partial charge in [-0.1, -0.05) is 23.2 Å². The van der Waals surface area contributed by atoms with E-state index in [9.17, 15) is 8.42 Å². The molecule has 1 aromatic carbocycles. The molecule has 0 bridgehead atoms. The van der Waals surface area contributed by atoms with Crippen molar-refractivity contribution in [3.05, 3.63) is 51.3 Å². The zero-order chi connectivity index (χ0) is 16.6. The van der Waals surface area contributed by atoms with Gasteiger partial charge < -0.3 is 0 Å². The number of rotatable bonds is 3. The maximum Gasteiger partial charge on any atom is 0.246 e. The van der Waals surface area contributed by atoms with Crippen molar-refractivity contribution in [1.29, 1.82) is 0 Å². The van der Waals surface area contributed by atoms with Gasteiger partial charge in [-0.2, -0.15) is 0 Å². The number of hydrogen-bond donors (Lipinski definition) is 0. The zero-order valence-electron chi connectivity index (χ0n) is 12.5. The number of hydrogen-bond acceptors (Lipinski definition) is 5. The minimum Gasteiger partial charge on any atom is -0.294 e. The van der Waals surface area contributed by atoms with Crippen molar-refractivity contribution < 1.29 is 8.42 Å². The molecule has 0 atom stereocenters. The first kappa shape index (κ1) is 16.6. The van der Waals surface area contributed by atoms with Crippen LogP contribution in [0.5, 0.6) is 0 Å². The molecular formula is C15H15Cl2N3O2S. The van der Waals surface area contributed by atoms with E-state index in [0.29, 0.717) is 29.6 Å². The van der Waals surface area contributed by atoms with Crippen LogP contribution in [0, 0.1) is 0 Å². The van der Waals surface area contributed by atoms with E-state index >= 15 is 0 Å². The summed E-state index contributed by atoms with van der Waals surface area (Å²) < 4.78 is 23.1. The number of fused-ring (bicyclic) bond motifs is 1. The molecule has 1 aliphatic rings. The van der Waals surface area contributed by atoms with Crippen molar-refractivity contribution >= 4 is 33.0 Å². The van der Waals surface area contributed by atoms with Gasteiger partial charge in [0.15, 0.2) is 0 Å². The summed E-state index contributed by atoms with van der Waals surface area (Å²) >= 11 is 12.2. The molecule has 0 unspecified atom stereocenters. The summed E-state index contributed by atoms with van der Waals surface area (Å²) in [6, 6.07) is 5.42. The van der Waals surface area contributed by atoms with Crippen molar-refractivity contribution in [3.8, 4) is 0 Å². The molecule has 1 aliphatic heterocycles. The summed E-state index contributed by atoms with van der Waals surface area (Å²) in [5.41, 5.74) is 2.71. The van der Waals surface area contributed by atoms with E-state index in [1.165, 1.54) is 0 Å². The molecule has 0 amide bonds. The van der Waals surface area contributed by atoms with Gasteiger partial charge in [0.1, 0.15) is 0 Å². The molecule has 122 valence electrons. The molecule has 0 fully saturated rings. The van der Waals surface area contributed by atoms with E-state index < -0.39 is 9.84 Å². The third-order valence-corrected chi connectivity index (χ3v) is 5.19. The van der Waals surface area contributed by atoms with Crippen molar-refractivity contribution in [2.24, 2.45) is 0 Å². The topological polar surface area (TPSA) is 63.2 Å². The first-order valence-corrected chi connectivity index (χ1v) is 9.69. The number of halogens is 2. The van der Waals surface area contributed by atoms with Gasteiger partial charge in [0.2, 0.25) is 15.0 Å². The van der Waals surface area contributed by atoms with Gasteiger partial charge in [0.05, 0.1) is 5.69 Å². The summed E-state index contributed by atoms with van der Waals surface area (Å²) in [5, 5.41) is 1.23. The normalized spacial score (nSPS) is 15.4. The molecule has 0 spiro atoms. The predicted octanol–water partition coefficient (Wildman–Crippen LogP) is 2.75. The quantitative estimate of drug-likeness (QED) is 0.776. The van der Waals surface area contributed by atoms with Crippen molar-refractivity contribution in [1.82, 2.24) is 14.9 Å². The van der Waals surface area contributed by atoms with E-state index in [4.69, 9.17) is 23.2 Å². The Balaban J connectivity index is 1.79. The largest absolute Gasteiger partial charge is 0.294 e. The van der Waals surface area contributed by atoms with Crippen LogP contribution in [-0.2, 0) is 29.3 Å². The lowest BCUT2D eigenvalue weighted by molar-refractivity contribution is 0.242. The number of nitrogens with zero attached hydrogens (tertiary/aromatic N) is 3. The lowest BCUT2D eigenvalue weighted by Crippen LogP contribution is -2.31. The highest BCUT2D eigenvalue weighted by Crippen LogP contribution is 2.25. The van der Waals surface area contributed by atoms with Crippen molar-refractivity contribution in [2.45, 2.75) is 24.7 Å². The highest BCUT2D eigenvalue weighted by atomic mass is 35.5. The molecule has 8 heteroatoms. The molecule has 5 nitrogen and oxygen atoms in total. The second-order valence-electron chi connectivity index (χ2n) is 5.59. The second-order valence-corrected chi connectivity index (χ2v) is 8.35. The fraction of sp³-hybridized carbons (Fsp3) is 0.333. The molecule has 0 saturated carbocycles. The number of benzene rings is 1. The first-order valence-electron chi connectivity index (χ1n) is 7.04. The average molecular weight is 372 g/mol. The maximum atomic E-state index is 11.5. The molecule has 0 N–H and O–H groups in total. The van der Waals surface area contributed by atoms with Crippen LogP contribution in [0.3, 0.4) is 0 Å². The van der Waals surface area contributed by atoms with Crippen LogP contribution in [0.15, 0.2) is 29.6 Å². The van der Waals surface area contributed by atoms with Gasteiger partial charge in [0.25, 0.3) is 0 Å². The summed E-state index contributed by atoms with van der Waals surface area (Å²) in [5.74, 6) is 0. The summed E-state index contributed by atoms with van der Waals surface area (Å²) in [6.07, 6.45) is 3.40. The lowest BCUT2D eigenvalue weighted by Gasteiger charge is -2.28. The van der Waals surface area contributed by atoms with Crippen LogP contribution in [0.2, 0.25) is 10.0 Å². The van der Waals surface area contributed by atoms with E-state index in [2.05, 4.69) is 14.9 Å². The SMILES string of the molecule is CS(=O)(=O)c1ncc2c(n1)CCN(Cc1cc(Cl)ccc1Cl)C2. The lowest BCUT2D eigenvalue weighted by atomic mass is 10.1. The van der Waals surface area contributed by atoms with Crippen molar-refractivity contribution in [3.63, 3.8) is 0 Å². The van der Waals surface area contributed by atoms with Gasteiger partial charge in [-0.15, -0.1) is 0 Å². The van der Waals surface area contributed by atoms with Gasteiger partial charge in [-0.05, 0) is 23.8 Å². The molecule has 0 radical (unpaired) electrons. The van der Waals surface area contributed by atoms with Crippen LogP contribution < -0.4 is 0 Å². The molecule has 0 aliphatic carbocycles. The Labute approximate surface area is 145 Å². The molecule has 2 aromatic rings. The third-order valence-electron chi connectivity index (χ3n) is 3.72. The minimum atomic E-state index is -3.38. The van der Waals surface area contributed by atoms with E-state index in [1.807, 2.05) is 6.07 Å². The molecule has 1 aromatic heterocycles. The summed E-state index contributed by atoms with van der Waals surface area (Å²) in [4.78, 5) is 10.4. The Bertz CT molecular complexity index is 856. The molecule has 2 heterocycles. The number of aromatic nitrogens is 2. The van der Waals surface area contributed by atoms with Gasteiger partial charge in [-0.25, -0.2) is 18.4 Å². The fourth-order valence-corrected chi connectivity index (χ4v) is 3.47. The fourth-order valence-electron chi connectivity index (χ4n) is 2.58. The van der Waals surface area contributed by atoms with Crippen LogP contribution in [0.25, 0.3) is 0 Å². The smallest absolute Gasteiger partial charge is 0.246 e. The van der Waals surface area contributed by atoms with Crippen molar-refractivity contribution in [2.75, 3.05) is 12.8 Å². The Hall–Kier alpha value is -1.21. The summed E-state index contributed by atoms with van der Waals surface area (Å²) in [6.45, 7) is 2.10. The minimum absolute atomic E-state index is 0.109. The Kier molecular flexibility index (Phi) is 4.60. The van der Waals surface area contributed by atoms with E-state index in [-0.39, 0.29) is 5.16 Å². The van der Waals surface area contributed by atoms with Crippen LogP contribution >= 0.6 is 23.2 Å². The Morgan fingerprint density at radius 3 is 2.83 bits per heavy atom. The van der Waals surface area contributed by atoms with E-state index in [0.717, 1.165) is 29.6 Å². The molecule has 0 saturated heterocycles. The predicted molar refractivity (Wildman–Crippen MR) is 89.4 cm³/mol. The molecule has 23 heavy (non-hydrogen) atoms. The highest BCUT2D eigenvalue weighted by molar-refractivity contribution is 7.90. The van der Waals surface area contributed by atoms with Gasteiger partial charge in [-0.3, -0.25) is 4.90 Å². The summed E-state index contributed by atoms with van der Waals surface area (Å²) in [7, 11) is -3.38. The standard InChI is InChI=1S/C15H15Cl2N3O2S/c1-23(21,22)15-18-7-11-9-20(5-4-14(11)19-15)8-10-6-12(16)2-3-13(10)17/h2-3,6-7H,4-5,8-9H2,1H3.